The van der Waals surface area contributed by atoms with E-state index in [1.807, 2.05) is 30.2 Å². The number of fused-ring (bicyclic) bond motifs is 1. The van der Waals surface area contributed by atoms with Crippen LogP contribution >= 0.6 is 36.9 Å². The van der Waals surface area contributed by atoms with E-state index in [0.29, 0.717) is 11.0 Å². The molecule has 3 aromatic rings. The van der Waals surface area contributed by atoms with Crippen LogP contribution in [0.1, 0.15) is 5.56 Å². The van der Waals surface area contributed by atoms with Crippen molar-refractivity contribution in [3.63, 3.8) is 0 Å². The normalized spacial score (nSPS) is 11.5. The lowest BCUT2D eigenvalue weighted by Gasteiger charge is -2.05. The number of aromatic amines is 2. The smallest absolute Gasteiger partial charge is 0.275 e. The highest BCUT2D eigenvalue weighted by Crippen LogP contribution is 2.35. The van der Waals surface area contributed by atoms with Crippen LogP contribution in [0.2, 0.25) is 0 Å². The third-order valence-corrected chi connectivity index (χ3v) is 4.70. The largest absolute Gasteiger partial charge is 0.354 e. The molecule has 21 heavy (non-hydrogen) atoms. The lowest BCUT2D eigenvalue weighted by atomic mass is 10.2. The molecule has 1 unspecified atom stereocenters. The molecule has 0 bridgehead atoms. The molecular formula is C14H11BrN3OPS. The maximum Gasteiger partial charge on any atom is 0.275 e. The van der Waals surface area contributed by atoms with Crippen molar-refractivity contribution < 1.29 is 0 Å². The molecule has 1 aromatic carbocycles. The summed E-state index contributed by atoms with van der Waals surface area (Å²) in [6, 6.07) is 6.10. The van der Waals surface area contributed by atoms with Crippen molar-refractivity contribution in [2.75, 3.05) is 0 Å². The highest BCUT2D eigenvalue weighted by atomic mass is 79.9. The van der Waals surface area contributed by atoms with Gasteiger partial charge in [0.15, 0.2) is 0 Å². The summed E-state index contributed by atoms with van der Waals surface area (Å²) < 4.78 is 1.01. The number of hydrogen-bond donors (Lipinski definition) is 2. The molecule has 3 rings (SSSR count). The number of benzene rings is 1. The van der Waals surface area contributed by atoms with Crippen molar-refractivity contribution >= 4 is 54.0 Å². The number of rotatable bonds is 3. The first-order valence-electron chi connectivity index (χ1n) is 6.09. The van der Waals surface area contributed by atoms with E-state index in [-0.39, 0.29) is 5.56 Å². The Hall–Kier alpha value is -1.36. The molecule has 4 nitrogen and oxygen atoms in total. The second kappa shape index (κ2) is 6.18. The first-order valence-corrected chi connectivity index (χ1v) is 8.37. The van der Waals surface area contributed by atoms with Crippen LogP contribution < -0.4 is 5.56 Å². The Morgan fingerprint density at radius 1 is 1.29 bits per heavy atom. The van der Waals surface area contributed by atoms with Gasteiger partial charge in [-0.25, -0.2) is 4.98 Å². The van der Waals surface area contributed by atoms with Crippen LogP contribution in [0, 0.1) is 0 Å². The number of H-pyrrole nitrogens is 2. The predicted molar refractivity (Wildman–Crippen MR) is 93.7 cm³/mol. The lowest BCUT2D eigenvalue weighted by molar-refractivity contribution is 1.16. The monoisotopic (exact) mass is 379 g/mol. The molecule has 0 aliphatic heterocycles. The second-order valence-electron chi connectivity index (χ2n) is 4.25. The molecule has 1 atom stereocenters. The summed E-state index contributed by atoms with van der Waals surface area (Å²) in [6.45, 7) is 0. The van der Waals surface area contributed by atoms with Gasteiger partial charge < -0.3 is 9.97 Å². The zero-order valence-electron chi connectivity index (χ0n) is 10.8. The summed E-state index contributed by atoms with van der Waals surface area (Å²) in [7, 11) is 2.57. The van der Waals surface area contributed by atoms with E-state index >= 15 is 0 Å². The number of halogens is 1. The fraction of sp³-hybridized carbons (Fsp3) is 0. The zero-order chi connectivity index (χ0) is 14.8. The molecule has 106 valence electrons. The van der Waals surface area contributed by atoms with Gasteiger partial charge >= 0.3 is 0 Å². The predicted octanol–water partition coefficient (Wildman–Crippen LogP) is 4.01. The summed E-state index contributed by atoms with van der Waals surface area (Å²) >= 11 is 5.07. The molecule has 2 N–H and O–H groups in total. The minimum atomic E-state index is -0.161. The molecule has 0 saturated carbocycles. The van der Waals surface area contributed by atoms with Crippen LogP contribution in [0.4, 0.5) is 0 Å². The van der Waals surface area contributed by atoms with Gasteiger partial charge in [0.2, 0.25) is 0 Å². The topological polar surface area (TPSA) is 61.5 Å². The van der Waals surface area contributed by atoms with E-state index < -0.39 is 0 Å². The maximum atomic E-state index is 11.7. The summed E-state index contributed by atoms with van der Waals surface area (Å²) in [4.78, 5) is 23.5. The van der Waals surface area contributed by atoms with E-state index in [4.69, 9.17) is 0 Å². The summed E-state index contributed by atoms with van der Waals surface area (Å²) in [6.07, 6.45) is 5.26. The van der Waals surface area contributed by atoms with E-state index in [2.05, 4.69) is 46.2 Å². The van der Waals surface area contributed by atoms with Gasteiger partial charge in [-0.15, -0.1) is 9.24 Å². The van der Waals surface area contributed by atoms with E-state index in [1.54, 1.807) is 11.8 Å². The van der Waals surface area contributed by atoms with Crippen molar-refractivity contribution in [1.29, 1.82) is 0 Å². The molecule has 0 aliphatic carbocycles. The molecule has 0 saturated heterocycles. The average molecular weight is 380 g/mol. The highest BCUT2D eigenvalue weighted by Gasteiger charge is 2.11. The van der Waals surface area contributed by atoms with Crippen molar-refractivity contribution in [2.24, 2.45) is 0 Å². The number of nitrogens with zero attached hydrogens (tertiary/aromatic N) is 1. The van der Waals surface area contributed by atoms with E-state index in [0.717, 1.165) is 19.8 Å². The van der Waals surface area contributed by atoms with Crippen molar-refractivity contribution in [2.45, 2.75) is 9.79 Å². The standard InChI is InChI=1S/C14H11BrN3OPS/c15-9-2-1-8(3-4-20)10(5-9)21-11-6-16-13-12(11)17-7-18-14(13)19/h1-7,16H,20H2,(H,17,18,19)/b4-3+. The molecule has 0 radical (unpaired) electrons. The Kier molecular flexibility index (Phi) is 4.29. The van der Waals surface area contributed by atoms with Gasteiger partial charge in [0, 0.05) is 15.6 Å². The minimum absolute atomic E-state index is 0.161. The van der Waals surface area contributed by atoms with Gasteiger partial charge in [0.1, 0.15) is 11.0 Å². The summed E-state index contributed by atoms with van der Waals surface area (Å²) in [5.74, 6) is 1.92. The van der Waals surface area contributed by atoms with E-state index in [1.165, 1.54) is 6.33 Å². The Labute approximate surface area is 135 Å². The van der Waals surface area contributed by atoms with Crippen LogP contribution in [0.25, 0.3) is 17.1 Å². The van der Waals surface area contributed by atoms with Crippen LogP contribution in [0.5, 0.6) is 0 Å². The molecule has 0 aliphatic rings. The fourth-order valence-corrected chi connectivity index (χ4v) is 3.73. The fourth-order valence-electron chi connectivity index (χ4n) is 1.96. The average Bonchev–Trinajstić information content (AvgIpc) is 2.87. The third kappa shape index (κ3) is 2.98. The van der Waals surface area contributed by atoms with E-state index in [9.17, 15) is 4.79 Å². The first kappa shape index (κ1) is 14.6. The van der Waals surface area contributed by atoms with Crippen molar-refractivity contribution in [3.8, 4) is 0 Å². The number of hydrogen-bond acceptors (Lipinski definition) is 3. The van der Waals surface area contributed by atoms with Crippen LogP contribution in [0.3, 0.4) is 0 Å². The maximum absolute atomic E-state index is 11.7. The van der Waals surface area contributed by atoms with Crippen LogP contribution in [-0.4, -0.2) is 15.0 Å². The van der Waals surface area contributed by atoms with Crippen molar-refractivity contribution in [1.82, 2.24) is 15.0 Å². The van der Waals surface area contributed by atoms with Gasteiger partial charge in [-0.3, -0.25) is 4.79 Å². The minimum Gasteiger partial charge on any atom is -0.354 e. The number of nitrogens with one attached hydrogen (secondary N) is 2. The molecule has 0 amide bonds. The highest BCUT2D eigenvalue weighted by molar-refractivity contribution is 9.10. The Morgan fingerprint density at radius 3 is 2.95 bits per heavy atom. The van der Waals surface area contributed by atoms with Crippen LogP contribution in [-0.2, 0) is 0 Å². The van der Waals surface area contributed by atoms with Crippen LogP contribution in [0.15, 0.2) is 55.6 Å². The molecule has 0 fully saturated rings. The Balaban J connectivity index is 2.08. The Morgan fingerprint density at radius 2 is 2.14 bits per heavy atom. The van der Waals surface area contributed by atoms with Crippen molar-refractivity contribution in [3.05, 3.63) is 56.9 Å². The molecule has 7 heteroatoms. The lowest BCUT2D eigenvalue weighted by Crippen LogP contribution is -2.05. The summed E-state index contributed by atoms with van der Waals surface area (Å²) in [5, 5.41) is 0. The van der Waals surface area contributed by atoms with Gasteiger partial charge in [-0.2, -0.15) is 0 Å². The quantitative estimate of drug-likeness (QED) is 0.675. The molecule has 2 aromatic heterocycles. The zero-order valence-corrected chi connectivity index (χ0v) is 14.3. The molecule has 0 spiro atoms. The SMILES string of the molecule is O=c1[nH]cnc2c(Sc3cc(Br)ccc3/C=C/P)c[nH]c12. The first-order chi connectivity index (χ1) is 10.2. The van der Waals surface area contributed by atoms with Gasteiger partial charge in [0.25, 0.3) is 5.56 Å². The molecular weight excluding hydrogens is 369 g/mol. The van der Waals surface area contributed by atoms with Gasteiger partial charge in [-0.05, 0) is 17.7 Å². The summed E-state index contributed by atoms with van der Waals surface area (Å²) in [5.41, 5.74) is 2.13. The second-order valence-corrected chi connectivity index (χ2v) is 6.64. The third-order valence-electron chi connectivity index (χ3n) is 2.91. The van der Waals surface area contributed by atoms with Gasteiger partial charge in [-0.1, -0.05) is 45.7 Å². The van der Waals surface area contributed by atoms with Gasteiger partial charge in [0.05, 0.1) is 11.2 Å². The Bertz CT molecular complexity index is 887. The molecule has 2 heterocycles. The number of aromatic nitrogens is 3.